The standard InChI is InChI=1S/C21H22ClN3O3/c1-15-6-5-7-16-20(15)23-14-25(21(16)27)11-10-19(26)24(2)12-13-28-18-9-4-3-8-17(18)22/h3-9,14H,10-13H2,1-2H3. The molecule has 3 rings (SSSR count). The van der Waals surface area contributed by atoms with E-state index in [4.69, 9.17) is 16.3 Å². The number of carbonyl (C=O) groups excluding carboxylic acids is 1. The maximum Gasteiger partial charge on any atom is 0.261 e. The second-order valence-corrected chi connectivity index (χ2v) is 6.97. The highest BCUT2D eigenvalue weighted by molar-refractivity contribution is 6.32. The number of aromatic nitrogens is 2. The van der Waals surface area contributed by atoms with Gasteiger partial charge in [-0.05, 0) is 30.7 Å². The number of amides is 1. The summed E-state index contributed by atoms with van der Waals surface area (Å²) in [6.07, 6.45) is 1.72. The smallest absolute Gasteiger partial charge is 0.261 e. The van der Waals surface area contributed by atoms with Crippen molar-refractivity contribution >= 4 is 28.4 Å². The number of ether oxygens (including phenoxy) is 1. The molecule has 1 heterocycles. The third-order valence-corrected chi connectivity index (χ3v) is 4.88. The highest BCUT2D eigenvalue weighted by Gasteiger charge is 2.11. The molecule has 0 aliphatic rings. The molecule has 0 spiro atoms. The molecule has 0 bridgehead atoms. The fourth-order valence-electron chi connectivity index (χ4n) is 2.88. The number of hydrogen-bond donors (Lipinski definition) is 0. The van der Waals surface area contributed by atoms with Gasteiger partial charge in [-0.15, -0.1) is 0 Å². The quantitative estimate of drug-likeness (QED) is 0.611. The average molecular weight is 400 g/mol. The Morgan fingerprint density at radius 1 is 1.21 bits per heavy atom. The van der Waals surface area contributed by atoms with Crippen molar-refractivity contribution in [1.82, 2.24) is 14.5 Å². The van der Waals surface area contributed by atoms with Crippen LogP contribution in [0, 0.1) is 6.92 Å². The molecular formula is C21H22ClN3O3. The molecule has 0 N–H and O–H groups in total. The molecule has 6 nitrogen and oxygen atoms in total. The van der Waals surface area contributed by atoms with Crippen LogP contribution in [0.1, 0.15) is 12.0 Å². The highest BCUT2D eigenvalue weighted by atomic mass is 35.5. The number of carbonyl (C=O) groups is 1. The van der Waals surface area contributed by atoms with Gasteiger partial charge in [0, 0.05) is 20.0 Å². The first-order chi connectivity index (χ1) is 13.5. The Hall–Kier alpha value is -2.86. The molecule has 0 atom stereocenters. The van der Waals surface area contributed by atoms with E-state index in [0.29, 0.717) is 34.8 Å². The number of nitrogens with zero attached hydrogens (tertiary/aromatic N) is 3. The van der Waals surface area contributed by atoms with Crippen LogP contribution < -0.4 is 10.3 Å². The van der Waals surface area contributed by atoms with Crippen LogP contribution in [-0.2, 0) is 11.3 Å². The van der Waals surface area contributed by atoms with Crippen molar-refractivity contribution < 1.29 is 9.53 Å². The van der Waals surface area contributed by atoms with Gasteiger partial charge in [-0.3, -0.25) is 14.2 Å². The van der Waals surface area contributed by atoms with Gasteiger partial charge in [0.25, 0.3) is 5.56 Å². The summed E-state index contributed by atoms with van der Waals surface area (Å²) in [4.78, 5) is 30.9. The predicted molar refractivity (Wildman–Crippen MR) is 110 cm³/mol. The van der Waals surface area contributed by atoms with Crippen LogP contribution >= 0.6 is 11.6 Å². The minimum atomic E-state index is -0.133. The van der Waals surface area contributed by atoms with E-state index in [9.17, 15) is 9.59 Å². The number of rotatable bonds is 7. The van der Waals surface area contributed by atoms with E-state index >= 15 is 0 Å². The number of benzene rings is 2. The molecule has 0 aliphatic heterocycles. The number of fused-ring (bicyclic) bond motifs is 1. The van der Waals surface area contributed by atoms with Gasteiger partial charge < -0.3 is 9.64 Å². The second-order valence-electron chi connectivity index (χ2n) is 6.56. The number of para-hydroxylation sites is 2. The van der Waals surface area contributed by atoms with Crippen LogP contribution in [-0.4, -0.2) is 40.6 Å². The summed E-state index contributed by atoms with van der Waals surface area (Å²) < 4.78 is 7.09. The molecule has 28 heavy (non-hydrogen) atoms. The first kappa shape index (κ1) is 19.9. The predicted octanol–water partition coefficient (Wildman–Crippen LogP) is 3.29. The number of likely N-dealkylation sites (N-methyl/N-ethyl adjacent to an activating group) is 1. The van der Waals surface area contributed by atoms with E-state index in [1.165, 1.54) is 10.9 Å². The van der Waals surface area contributed by atoms with Crippen LogP contribution in [0.25, 0.3) is 10.9 Å². The van der Waals surface area contributed by atoms with Crippen molar-refractivity contribution in [2.75, 3.05) is 20.2 Å². The Labute approximate surface area is 168 Å². The Morgan fingerprint density at radius 2 is 2.00 bits per heavy atom. The normalized spacial score (nSPS) is 10.8. The maximum absolute atomic E-state index is 12.6. The Kier molecular flexibility index (Phi) is 6.31. The van der Waals surface area contributed by atoms with Gasteiger partial charge in [-0.1, -0.05) is 35.9 Å². The van der Waals surface area contributed by atoms with E-state index in [1.807, 2.05) is 31.2 Å². The fourth-order valence-corrected chi connectivity index (χ4v) is 3.07. The molecule has 0 saturated carbocycles. The Morgan fingerprint density at radius 3 is 2.79 bits per heavy atom. The zero-order valence-corrected chi connectivity index (χ0v) is 16.6. The lowest BCUT2D eigenvalue weighted by Crippen LogP contribution is -2.32. The van der Waals surface area contributed by atoms with E-state index in [0.717, 1.165) is 5.56 Å². The summed E-state index contributed by atoms with van der Waals surface area (Å²) in [7, 11) is 1.71. The van der Waals surface area contributed by atoms with Gasteiger partial charge in [0.05, 0.1) is 28.8 Å². The van der Waals surface area contributed by atoms with Gasteiger partial charge in [0.1, 0.15) is 12.4 Å². The fraction of sp³-hybridized carbons (Fsp3) is 0.286. The molecule has 7 heteroatoms. The zero-order chi connectivity index (χ0) is 20.1. The van der Waals surface area contributed by atoms with Crippen molar-refractivity contribution in [3.05, 3.63) is 69.7 Å². The van der Waals surface area contributed by atoms with Crippen LogP contribution in [0.2, 0.25) is 5.02 Å². The SMILES string of the molecule is Cc1cccc2c(=O)n(CCC(=O)N(C)CCOc3ccccc3Cl)cnc12. The third kappa shape index (κ3) is 4.51. The van der Waals surface area contributed by atoms with Gasteiger partial charge >= 0.3 is 0 Å². The van der Waals surface area contributed by atoms with Crippen LogP contribution in [0.3, 0.4) is 0 Å². The minimum absolute atomic E-state index is 0.0704. The average Bonchev–Trinajstić information content (AvgIpc) is 2.69. The summed E-state index contributed by atoms with van der Waals surface area (Å²) in [5.41, 5.74) is 1.52. The van der Waals surface area contributed by atoms with Crippen LogP contribution in [0.15, 0.2) is 53.6 Å². The van der Waals surface area contributed by atoms with E-state index in [-0.39, 0.29) is 24.4 Å². The van der Waals surface area contributed by atoms with Crippen molar-refractivity contribution in [3.63, 3.8) is 0 Å². The molecule has 1 aromatic heterocycles. The number of hydrogen-bond acceptors (Lipinski definition) is 4. The summed E-state index contributed by atoms with van der Waals surface area (Å²) in [5.74, 6) is 0.521. The largest absolute Gasteiger partial charge is 0.490 e. The van der Waals surface area contributed by atoms with Crippen molar-refractivity contribution in [1.29, 1.82) is 0 Å². The number of halogens is 1. The summed E-state index contributed by atoms with van der Waals surface area (Å²) >= 11 is 6.04. The Balaban J connectivity index is 1.55. The monoisotopic (exact) mass is 399 g/mol. The van der Waals surface area contributed by atoms with Crippen molar-refractivity contribution in [2.24, 2.45) is 0 Å². The topological polar surface area (TPSA) is 64.4 Å². The van der Waals surface area contributed by atoms with Gasteiger partial charge in [-0.2, -0.15) is 0 Å². The summed E-state index contributed by atoms with van der Waals surface area (Å²) in [5, 5.41) is 1.10. The van der Waals surface area contributed by atoms with E-state index in [2.05, 4.69) is 4.98 Å². The van der Waals surface area contributed by atoms with E-state index in [1.54, 1.807) is 30.1 Å². The molecule has 0 aliphatic carbocycles. The zero-order valence-electron chi connectivity index (χ0n) is 15.9. The van der Waals surface area contributed by atoms with Crippen molar-refractivity contribution in [2.45, 2.75) is 19.9 Å². The van der Waals surface area contributed by atoms with Crippen LogP contribution in [0.5, 0.6) is 5.75 Å². The van der Waals surface area contributed by atoms with Gasteiger partial charge in [-0.25, -0.2) is 4.98 Å². The third-order valence-electron chi connectivity index (χ3n) is 4.57. The lowest BCUT2D eigenvalue weighted by molar-refractivity contribution is -0.130. The molecule has 0 unspecified atom stereocenters. The molecule has 0 radical (unpaired) electrons. The van der Waals surface area contributed by atoms with Gasteiger partial charge in [0.15, 0.2) is 0 Å². The lowest BCUT2D eigenvalue weighted by atomic mass is 10.1. The lowest BCUT2D eigenvalue weighted by Gasteiger charge is -2.18. The number of aryl methyl sites for hydroxylation is 2. The molecule has 1 amide bonds. The van der Waals surface area contributed by atoms with E-state index < -0.39 is 0 Å². The van der Waals surface area contributed by atoms with Crippen molar-refractivity contribution in [3.8, 4) is 5.75 Å². The van der Waals surface area contributed by atoms with Gasteiger partial charge in [0.2, 0.25) is 5.91 Å². The summed E-state index contributed by atoms with van der Waals surface area (Å²) in [6, 6.07) is 12.7. The Bertz CT molecular complexity index is 1050. The molecule has 2 aromatic carbocycles. The minimum Gasteiger partial charge on any atom is -0.490 e. The molecular weight excluding hydrogens is 378 g/mol. The first-order valence-corrected chi connectivity index (χ1v) is 9.41. The maximum atomic E-state index is 12.6. The molecule has 146 valence electrons. The molecule has 3 aromatic rings. The first-order valence-electron chi connectivity index (χ1n) is 9.03. The second kappa shape index (κ2) is 8.89. The molecule has 0 saturated heterocycles. The summed E-state index contributed by atoms with van der Waals surface area (Å²) in [6.45, 7) is 2.96. The highest BCUT2D eigenvalue weighted by Crippen LogP contribution is 2.22. The van der Waals surface area contributed by atoms with Crippen LogP contribution in [0.4, 0.5) is 0 Å². The molecule has 0 fully saturated rings.